The van der Waals surface area contributed by atoms with Crippen molar-refractivity contribution in [3.63, 3.8) is 0 Å². The number of hydrogen-bond donors (Lipinski definition) is 0. The van der Waals surface area contributed by atoms with Crippen molar-refractivity contribution in [3.05, 3.63) is 47.9 Å². The molecular formula is C14H12FNO3. The highest BCUT2D eigenvalue weighted by Crippen LogP contribution is 2.29. The Bertz CT molecular complexity index is 596. The lowest BCUT2D eigenvalue weighted by atomic mass is 10.1. The van der Waals surface area contributed by atoms with E-state index in [1.54, 1.807) is 18.2 Å². The van der Waals surface area contributed by atoms with Crippen LogP contribution in [0.2, 0.25) is 0 Å². The van der Waals surface area contributed by atoms with Gasteiger partial charge in [0.2, 0.25) is 0 Å². The molecule has 0 atom stereocenters. The molecule has 0 spiro atoms. The van der Waals surface area contributed by atoms with Crippen LogP contribution in [0.25, 0.3) is 11.3 Å². The molecule has 5 heteroatoms. The molecule has 0 radical (unpaired) electrons. The van der Waals surface area contributed by atoms with Gasteiger partial charge in [0, 0.05) is 17.8 Å². The van der Waals surface area contributed by atoms with Crippen molar-refractivity contribution < 1.29 is 18.7 Å². The van der Waals surface area contributed by atoms with E-state index < -0.39 is 5.97 Å². The number of carbonyl (C=O) groups is 1. The summed E-state index contributed by atoms with van der Waals surface area (Å²) >= 11 is 0. The molecule has 0 bridgehead atoms. The first kappa shape index (κ1) is 13.0. The van der Waals surface area contributed by atoms with Crippen LogP contribution in [-0.2, 0) is 4.74 Å². The van der Waals surface area contributed by atoms with Gasteiger partial charge in [-0.15, -0.1) is 0 Å². The molecule has 98 valence electrons. The van der Waals surface area contributed by atoms with Crippen LogP contribution in [0.1, 0.15) is 10.4 Å². The number of halogens is 1. The quantitative estimate of drug-likeness (QED) is 0.797. The molecule has 4 nitrogen and oxygen atoms in total. The molecule has 19 heavy (non-hydrogen) atoms. The van der Waals surface area contributed by atoms with Crippen molar-refractivity contribution in [1.29, 1.82) is 0 Å². The molecule has 0 saturated carbocycles. The lowest BCUT2D eigenvalue weighted by molar-refractivity contribution is 0.0600. The van der Waals surface area contributed by atoms with Gasteiger partial charge in [-0.3, -0.25) is 4.98 Å². The summed E-state index contributed by atoms with van der Waals surface area (Å²) in [5.74, 6) is -0.449. The number of carbonyl (C=O) groups excluding carboxylic acids is 1. The average Bonchev–Trinajstić information content (AvgIpc) is 2.46. The van der Waals surface area contributed by atoms with Crippen LogP contribution in [0, 0.1) is 5.82 Å². The van der Waals surface area contributed by atoms with Crippen molar-refractivity contribution in [2.24, 2.45) is 0 Å². The Morgan fingerprint density at radius 1 is 1.21 bits per heavy atom. The van der Waals surface area contributed by atoms with E-state index in [0.29, 0.717) is 22.6 Å². The SMILES string of the molecule is COC(=O)c1ccc(-c2ccc(F)cc2OC)nc1. The minimum Gasteiger partial charge on any atom is -0.496 e. The average molecular weight is 261 g/mol. The van der Waals surface area contributed by atoms with E-state index in [0.717, 1.165) is 0 Å². The minimum atomic E-state index is -0.454. The number of esters is 1. The van der Waals surface area contributed by atoms with Crippen molar-refractivity contribution in [2.75, 3.05) is 14.2 Å². The van der Waals surface area contributed by atoms with Crippen LogP contribution in [0.15, 0.2) is 36.5 Å². The van der Waals surface area contributed by atoms with Crippen molar-refractivity contribution in [3.8, 4) is 17.0 Å². The molecule has 1 aromatic heterocycles. The molecule has 0 aliphatic rings. The summed E-state index contributed by atoms with van der Waals surface area (Å²) in [4.78, 5) is 15.4. The molecule has 0 aliphatic carbocycles. The highest BCUT2D eigenvalue weighted by Gasteiger charge is 2.10. The molecule has 2 rings (SSSR count). The zero-order valence-electron chi connectivity index (χ0n) is 10.5. The first-order chi connectivity index (χ1) is 9.15. The Morgan fingerprint density at radius 2 is 2.00 bits per heavy atom. The smallest absolute Gasteiger partial charge is 0.339 e. The molecule has 1 heterocycles. The Kier molecular flexibility index (Phi) is 3.75. The third kappa shape index (κ3) is 2.70. The van der Waals surface area contributed by atoms with E-state index in [2.05, 4.69) is 9.72 Å². The molecule has 0 N–H and O–H groups in total. The highest BCUT2D eigenvalue weighted by atomic mass is 19.1. The first-order valence-electron chi connectivity index (χ1n) is 5.54. The number of aromatic nitrogens is 1. The van der Waals surface area contributed by atoms with E-state index in [9.17, 15) is 9.18 Å². The number of hydrogen-bond acceptors (Lipinski definition) is 4. The maximum atomic E-state index is 13.1. The molecule has 2 aromatic rings. The van der Waals surface area contributed by atoms with Crippen molar-refractivity contribution in [2.45, 2.75) is 0 Å². The van der Waals surface area contributed by atoms with Gasteiger partial charge in [-0.2, -0.15) is 0 Å². The zero-order chi connectivity index (χ0) is 13.8. The second kappa shape index (κ2) is 5.48. The summed E-state index contributed by atoms with van der Waals surface area (Å²) < 4.78 is 22.8. The largest absolute Gasteiger partial charge is 0.496 e. The second-order valence-electron chi connectivity index (χ2n) is 3.77. The number of benzene rings is 1. The summed E-state index contributed by atoms with van der Waals surface area (Å²) in [5.41, 5.74) is 1.59. The van der Waals surface area contributed by atoms with E-state index in [1.807, 2.05) is 0 Å². The maximum absolute atomic E-state index is 13.1. The third-order valence-electron chi connectivity index (χ3n) is 2.62. The van der Waals surface area contributed by atoms with Gasteiger partial charge in [0.15, 0.2) is 0 Å². The summed E-state index contributed by atoms with van der Waals surface area (Å²) in [6.45, 7) is 0. The lowest BCUT2D eigenvalue weighted by Gasteiger charge is -2.08. The van der Waals surface area contributed by atoms with Gasteiger partial charge >= 0.3 is 5.97 Å². The Labute approximate surface area is 109 Å². The van der Waals surface area contributed by atoms with Crippen LogP contribution in [-0.4, -0.2) is 25.2 Å². The van der Waals surface area contributed by atoms with Crippen LogP contribution in [0.5, 0.6) is 5.75 Å². The number of ether oxygens (including phenoxy) is 2. The van der Waals surface area contributed by atoms with Gasteiger partial charge in [0.1, 0.15) is 11.6 Å². The van der Waals surface area contributed by atoms with Gasteiger partial charge in [-0.05, 0) is 24.3 Å². The van der Waals surface area contributed by atoms with Gasteiger partial charge in [-0.1, -0.05) is 0 Å². The summed E-state index contributed by atoms with van der Waals surface area (Å²) in [5, 5.41) is 0. The number of nitrogens with zero attached hydrogens (tertiary/aromatic N) is 1. The van der Waals surface area contributed by atoms with Crippen molar-refractivity contribution in [1.82, 2.24) is 4.98 Å². The summed E-state index contributed by atoms with van der Waals surface area (Å²) in [6.07, 6.45) is 1.41. The first-order valence-corrected chi connectivity index (χ1v) is 5.54. The monoisotopic (exact) mass is 261 g/mol. The minimum absolute atomic E-state index is 0.354. The van der Waals surface area contributed by atoms with Gasteiger partial charge in [0.25, 0.3) is 0 Å². The fourth-order valence-corrected chi connectivity index (χ4v) is 1.67. The van der Waals surface area contributed by atoms with Gasteiger partial charge in [-0.25, -0.2) is 9.18 Å². The molecule has 0 saturated heterocycles. The van der Waals surface area contributed by atoms with Gasteiger partial charge < -0.3 is 9.47 Å². The normalized spacial score (nSPS) is 10.1. The van der Waals surface area contributed by atoms with Crippen LogP contribution >= 0.6 is 0 Å². The fourth-order valence-electron chi connectivity index (χ4n) is 1.67. The lowest BCUT2D eigenvalue weighted by Crippen LogP contribution is -2.01. The predicted molar refractivity (Wildman–Crippen MR) is 67.5 cm³/mol. The number of pyridine rings is 1. The summed E-state index contributed by atoms with van der Waals surface area (Å²) in [6, 6.07) is 7.44. The zero-order valence-corrected chi connectivity index (χ0v) is 10.5. The van der Waals surface area contributed by atoms with Crippen LogP contribution in [0.3, 0.4) is 0 Å². The molecule has 1 aromatic carbocycles. The maximum Gasteiger partial charge on any atom is 0.339 e. The Hall–Kier alpha value is -2.43. The highest BCUT2D eigenvalue weighted by molar-refractivity contribution is 5.89. The standard InChI is InChI=1S/C14H12FNO3/c1-18-13-7-10(15)4-5-11(13)12-6-3-9(8-16-12)14(17)19-2/h3-8H,1-2H3. The predicted octanol–water partition coefficient (Wildman–Crippen LogP) is 2.68. The van der Waals surface area contributed by atoms with Crippen LogP contribution in [0.4, 0.5) is 4.39 Å². The topological polar surface area (TPSA) is 48.4 Å². The van der Waals surface area contributed by atoms with E-state index >= 15 is 0 Å². The molecule has 0 amide bonds. The molecule has 0 aliphatic heterocycles. The fraction of sp³-hybridized carbons (Fsp3) is 0.143. The van der Waals surface area contributed by atoms with Crippen molar-refractivity contribution >= 4 is 5.97 Å². The van der Waals surface area contributed by atoms with E-state index in [4.69, 9.17) is 4.74 Å². The van der Waals surface area contributed by atoms with E-state index in [-0.39, 0.29) is 5.82 Å². The summed E-state index contributed by atoms with van der Waals surface area (Å²) in [7, 11) is 2.76. The third-order valence-corrected chi connectivity index (χ3v) is 2.62. The Morgan fingerprint density at radius 3 is 2.58 bits per heavy atom. The second-order valence-corrected chi connectivity index (χ2v) is 3.77. The van der Waals surface area contributed by atoms with Gasteiger partial charge in [0.05, 0.1) is 25.5 Å². The number of rotatable bonds is 3. The number of methoxy groups -OCH3 is 2. The molecular weight excluding hydrogens is 249 g/mol. The van der Waals surface area contributed by atoms with Crippen LogP contribution < -0.4 is 4.74 Å². The van der Waals surface area contributed by atoms with E-state index in [1.165, 1.54) is 32.5 Å². The molecule has 0 unspecified atom stereocenters. The Balaban J connectivity index is 2.40. The molecule has 0 fully saturated rings.